The Morgan fingerprint density at radius 2 is 2.21 bits per heavy atom. The van der Waals surface area contributed by atoms with Crippen LogP contribution in [0, 0.1) is 6.92 Å². The second-order valence-corrected chi connectivity index (χ2v) is 8.31. The Balaban J connectivity index is 1.56. The molecular weight excluding hydrogens is 437 g/mol. The maximum atomic E-state index is 14.7. The first-order valence-electron chi connectivity index (χ1n) is 11.3. The van der Waals surface area contributed by atoms with Crippen molar-refractivity contribution < 1.29 is 9.18 Å². The molecule has 0 aromatic carbocycles. The van der Waals surface area contributed by atoms with Crippen LogP contribution in [0.5, 0.6) is 0 Å². The maximum Gasteiger partial charge on any atom is 0.243 e. The molecule has 1 amide bonds. The molecule has 34 heavy (non-hydrogen) atoms. The molecule has 3 aromatic heterocycles. The fourth-order valence-corrected chi connectivity index (χ4v) is 4.14. The SMILES string of the molecule is C=C(/C=C\c1nnn(CC)c1C)c1ccn2nc(NC3CCN(C(C)=O)CC3F)nc(NC)c12. The molecule has 1 saturated heterocycles. The van der Waals surface area contributed by atoms with Gasteiger partial charge in [-0.3, -0.25) is 4.79 Å². The van der Waals surface area contributed by atoms with Crippen molar-refractivity contribution in [2.45, 2.75) is 46.0 Å². The molecule has 4 heterocycles. The molecule has 0 bridgehead atoms. The van der Waals surface area contributed by atoms with Crippen molar-refractivity contribution in [1.29, 1.82) is 0 Å². The monoisotopic (exact) mass is 467 g/mol. The van der Waals surface area contributed by atoms with E-state index in [0.29, 0.717) is 24.7 Å². The van der Waals surface area contributed by atoms with E-state index in [2.05, 4.69) is 37.6 Å². The minimum atomic E-state index is -1.20. The third-order valence-corrected chi connectivity index (χ3v) is 6.16. The normalized spacial score (nSPS) is 18.6. The Morgan fingerprint density at radius 3 is 2.85 bits per heavy atom. The molecule has 1 aliphatic rings. The van der Waals surface area contributed by atoms with Crippen molar-refractivity contribution in [3.8, 4) is 0 Å². The Morgan fingerprint density at radius 1 is 1.41 bits per heavy atom. The second kappa shape index (κ2) is 9.62. The van der Waals surface area contributed by atoms with Crippen LogP contribution in [0.1, 0.15) is 37.2 Å². The van der Waals surface area contributed by atoms with E-state index in [4.69, 9.17) is 0 Å². The van der Waals surface area contributed by atoms with Crippen molar-refractivity contribution in [3.05, 3.63) is 41.9 Å². The number of alkyl halides is 1. The Labute approximate surface area is 197 Å². The lowest BCUT2D eigenvalue weighted by Gasteiger charge is -2.34. The lowest BCUT2D eigenvalue weighted by molar-refractivity contribution is -0.131. The summed E-state index contributed by atoms with van der Waals surface area (Å²) < 4.78 is 18.2. The van der Waals surface area contributed by atoms with Gasteiger partial charge in [-0.15, -0.1) is 10.2 Å². The van der Waals surface area contributed by atoms with E-state index in [1.54, 1.807) is 11.6 Å². The molecule has 2 N–H and O–H groups in total. The number of nitrogens with one attached hydrogen (secondary N) is 2. The quantitative estimate of drug-likeness (QED) is 0.515. The Bertz CT molecular complexity index is 1240. The molecule has 0 saturated carbocycles. The summed E-state index contributed by atoms with van der Waals surface area (Å²) in [4.78, 5) is 17.6. The van der Waals surface area contributed by atoms with Crippen LogP contribution in [-0.4, -0.2) is 72.7 Å². The van der Waals surface area contributed by atoms with Gasteiger partial charge in [-0.1, -0.05) is 17.9 Å². The predicted octanol–water partition coefficient (Wildman–Crippen LogP) is 2.79. The topological polar surface area (TPSA) is 105 Å². The average molecular weight is 468 g/mol. The minimum absolute atomic E-state index is 0.0689. The van der Waals surface area contributed by atoms with E-state index >= 15 is 0 Å². The summed E-state index contributed by atoms with van der Waals surface area (Å²) in [6.45, 7) is 11.0. The number of allylic oxidation sites excluding steroid dienone is 2. The molecule has 3 aromatic rings. The van der Waals surface area contributed by atoms with Gasteiger partial charge in [0.1, 0.15) is 17.4 Å². The summed E-state index contributed by atoms with van der Waals surface area (Å²) in [5.74, 6) is 0.795. The lowest BCUT2D eigenvalue weighted by Crippen LogP contribution is -2.49. The number of hydrogen-bond acceptors (Lipinski definition) is 7. The van der Waals surface area contributed by atoms with Crippen LogP contribution in [0.3, 0.4) is 0 Å². The highest BCUT2D eigenvalue weighted by Crippen LogP contribution is 2.28. The van der Waals surface area contributed by atoms with Gasteiger partial charge in [-0.25, -0.2) is 13.6 Å². The fourth-order valence-electron chi connectivity index (χ4n) is 4.14. The van der Waals surface area contributed by atoms with Crippen molar-refractivity contribution in [1.82, 2.24) is 34.5 Å². The molecule has 2 atom stereocenters. The number of hydrogen-bond donors (Lipinski definition) is 2. The van der Waals surface area contributed by atoms with Gasteiger partial charge in [-0.2, -0.15) is 4.98 Å². The number of aromatic nitrogens is 6. The first kappa shape index (κ1) is 23.4. The summed E-state index contributed by atoms with van der Waals surface area (Å²) in [5.41, 5.74) is 4.18. The van der Waals surface area contributed by atoms with Crippen LogP contribution in [-0.2, 0) is 11.3 Å². The van der Waals surface area contributed by atoms with Gasteiger partial charge in [-0.05, 0) is 38.0 Å². The Hall–Kier alpha value is -3.76. The number of nitrogens with zero attached hydrogens (tertiary/aromatic N) is 7. The lowest BCUT2D eigenvalue weighted by atomic mass is 10.0. The number of amides is 1. The number of rotatable bonds is 7. The molecule has 0 spiro atoms. The van der Waals surface area contributed by atoms with Crippen molar-refractivity contribution in [2.24, 2.45) is 0 Å². The molecular formula is C23H30FN9O. The highest BCUT2D eigenvalue weighted by Gasteiger charge is 2.31. The van der Waals surface area contributed by atoms with Gasteiger partial charge in [0.15, 0.2) is 5.82 Å². The molecule has 1 fully saturated rings. The van der Waals surface area contributed by atoms with E-state index in [9.17, 15) is 9.18 Å². The zero-order valence-corrected chi connectivity index (χ0v) is 19.9. The number of piperidine rings is 1. The number of halogens is 1. The summed E-state index contributed by atoms with van der Waals surface area (Å²) in [6.07, 6.45) is 4.90. The number of anilines is 2. The zero-order chi connectivity index (χ0) is 24.4. The third kappa shape index (κ3) is 4.50. The first-order valence-corrected chi connectivity index (χ1v) is 11.3. The van der Waals surface area contributed by atoms with Gasteiger partial charge < -0.3 is 15.5 Å². The Kier molecular flexibility index (Phi) is 6.62. The van der Waals surface area contributed by atoms with Gasteiger partial charge in [0, 0.05) is 38.8 Å². The molecule has 11 heteroatoms. The van der Waals surface area contributed by atoms with Crippen LogP contribution in [0.15, 0.2) is 24.9 Å². The van der Waals surface area contributed by atoms with Crippen LogP contribution in [0.4, 0.5) is 16.2 Å². The third-order valence-electron chi connectivity index (χ3n) is 6.16. The predicted molar refractivity (Wildman–Crippen MR) is 130 cm³/mol. The summed E-state index contributed by atoms with van der Waals surface area (Å²) in [7, 11) is 1.78. The van der Waals surface area contributed by atoms with E-state index < -0.39 is 12.2 Å². The van der Waals surface area contributed by atoms with Crippen molar-refractivity contribution in [2.75, 3.05) is 30.8 Å². The van der Waals surface area contributed by atoms with Crippen LogP contribution >= 0.6 is 0 Å². The smallest absolute Gasteiger partial charge is 0.243 e. The minimum Gasteiger partial charge on any atom is -0.371 e. The standard InChI is InChI=1S/C23H30FN9O/c1-6-32-15(3)19(28-30-32)8-7-14(2)17-9-12-33-21(17)22(25-5)27-23(29-33)26-20-10-11-31(16(4)34)13-18(20)24/h7-9,12,18,20H,2,6,10-11,13H2,1,3-5H3,(H2,25,26,27,29)/b8-7-. The van der Waals surface area contributed by atoms with E-state index in [0.717, 1.165) is 34.6 Å². The summed E-state index contributed by atoms with van der Waals surface area (Å²) >= 11 is 0. The number of carbonyl (C=O) groups is 1. The number of carbonyl (C=O) groups excluding carboxylic acids is 1. The molecule has 0 radical (unpaired) electrons. The molecule has 2 unspecified atom stereocenters. The summed E-state index contributed by atoms with van der Waals surface area (Å²) in [5, 5.41) is 19.1. The van der Waals surface area contributed by atoms with Gasteiger partial charge >= 0.3 is 0 Å². The maximum absolute atomic E-state index is 14.7. The van der Waals surface area contributed by atoms with Crippen LogP contribution in [0.25, 0.3) is 17.2 Å². The van der Waals surface area contributed by atoms with Gasteiger partial charge in [0.05, 0.1) is 18.3 Å². The largest absolute Gasteiger partial charge is 0.371 e. The van der Waals surface area contributed by atoms with Gasteiger partial charge in [0.2, 0.25) is 11.9 Å². The zero-order valence-electron chi connectivity index (χ0n) is 19.9. The molecule has 180 valence electrons. The molecule has 4 rings (SSSR count). The fraction of sp³-hybridized carbons (Fsp3) is 0.435. The molecule has 10 nitrogen and oxygen atoms in total. The van der Waals surface area contributed by atoms with E-state index in [1.807, 2.05) is 42.9 Å². The van der Waals surface area contributed by atoms with E-state index in [-0.39, 0.29) is 12.5 Å². The highest BCUT2D eigenvalue weighted by molar-refractivity contribution is 5.90. The highest BCUT2D eigenvalue weighted by atomic mass is 19.1. The first-order chi connectivity index (χ1) is 16.3. The van der Waals surface area contributed by atoms with Crippen LogP contribution < -0.4 is 10.6 Å². The second-order valence-electron chi connectivity index (χ2n) is 8.31. The van der Waals surface area contributed by atoms with Crippen LogP contribution in [0.2, 0.25) is 0 Å². The van der Waals surface area contributed by atoms with Crippen molar-refractivity contribution >= 4 is 34.8 Å². The molecule has 1 aliphatic heterocycles. The van der Waals surface area contributed by atoms with Gasteiger partial charge in [0.25, 0.3) is 0 Å². The number of likely N-dealkylation sites (tertiary alicyclic amines) is 1. The number of aryl methyl sites for hydroxylation is 1. The number of fused-ring (bicyclic) bond motifs is 1. The van der Waals surface area contributed by atoms with E-state index in [1.165, 1.54) is 11.8 Å². The molecule has 0 aliphatic carbocycles. The summed E-state index contributed by atoms with van der Waals surface area (Å²) in [6, 6.07) is 1.45. The average Bonchev–Trinajstić information content (AvgIpc) is 3.41. The van der Waals surface area contributed by atoms with Crippen molar-refractivity contribution in [3.63, 3.8) is 0 Å².